The maximum atomic E-state index is 6.03. The number of halogens is 2. The normalized spacial score (nSPS) is 11.5. The number of nitrogens with two attached hydrogens (primary N) is 1. The molecule has 2 rings (SSSR count). The van der Waals surface area contributed by atoms with E-state index in [-0.39, 0.29) is 5.41 Å². The molecular weight excluding hydrogens is 398 g/mol. The van der Waals surface area contributed by atoms with Crippen LogP contribution in [0.15, 0.2) is 27.1 Å². The minimum atomic E-state index is -0.143. The van der Waals surface area contributed by atoms with Gasteiger partial charge in [0.1, 0.15) is 11.6 Å². The van der Waals surface area contributed by atoms with Gasteiger partial charge in [0.25, 0.3) is 0 Å². The van der Waals surface area contributed by atoms with E-state index in [0.29, 0.717) is 11.6 Å². The van der Waals surface area contributed by atoms with Gasteiger partial charge < -0.3 is 10.5 Å². The van der Waals surface area contributed by atoms with E-state index in [0.717, 1.165) is 26.0 Å². The highest BCUT2D eigenvalue weighted by Gasteiger charge is 2.23. The van der Waals surface area contributed by atoms with Gasteiger partial charge in [-0.2, -0.15) is 0 Å². The number of methoxy groups -OCH3 is 1. The van der Waals surface area contributed by atoms with Gasteiger partial charge in [0, 0.05) is 15.5 Å². The number of ether oxygens (including phenoxy) is 1. The second kappa shape index (κ2) is 5.93. The highest BCUT2D eigenvalue weighted by molar-refractivity contribution is 9.11. The smallest absolute Gasteiger partial charge is 0.163 e. The summed E-state index contributed by atoms with van der Waals surface area (Å²) in [5, 5.41) is 0. The fraction of sp³-hybridized carbons (Fsp3) is 0.333. The molecule has 0 radical (unpaired) electrons. The summed E-state index contributed by atoms with van der Waals surface area (Å²) in [4.78, 5) is 9.07. The molecule has 1 aromatic heterocycles. The number of nitrogen functional groups attached to an aromatic ring is 1. The van der Waals surface area contributed by atoms with E-state index in [1.165, 1.54) is 0 Å². The van der Waals surface area contributed by atoms with Crippen LogP contribution in [0.4, 0.5) is 5.82 Å². The molecule has 0 saturated carbocycles. The van der Waals surface area contributed by atoms with Crippen molar-refractivity contribution in [2.24, 2.45) is 0 Å². The first-order valence-corrected chi connectivity index (χ1v) is 8.00. The average molecular weight is 415 g/mol. The van der Waals surface area contributed by atoms with Crippen molar-refractivity contribution in [1.29, 1.82) is 0 Å². The molecule has 112 valence electrons. The lowest BCUT2D eigenvalue weighted by atomic mass is 9.91. The molecule has 0 aliphatic heterocycles. The summed E-state index contributed by atoms with van der Waals surface area (Å²) in [6, 6.07) is 5.67. The minimum absolute atomic E-state index is 0.143. The molecule has 0 atom stereocenters. The largest absolute Gasteiger partial charge is 0.497 e. The van der Waals surface area contributed by atoms with Gasteiger partial charge in [-0.1, -0.05) is 36.7 Å². The molecule has 1 heterocycles. The van der Waals surface area contributed by atoms with Crippen molar-refractivity contribution < 1.29 is 4.74 Å². The number of hydrogen-bond donors (Lipinski definition) is 1. The average Bonchev–Trinajstić information content (AvgIpc) is 2.41. The van der Waals surface area contributed by atoms with Crippen LogP contribution in [0.3, 0.4) is 0 Å². The Balaban J connectivity index is 2.68. The molecule has 0 fully saturated rings. The first-order chi connectivity index (χ1) is 9.74. The number of rotatable bonds is 2. The molecule has 0 aliphatic rings. The molecule has 4 nitrogen and oxygen atoms in total. The van der Waals surface area contributed by atoms with Crippen molar-refractivity contribution in [3.05, 3.63) is 32.8 Å². The van der Waals surface area contributed by atoms with E-state index in [1.54, 1.807) is 7.11 Å². The minimum Gasteiger partial charge on any atom is -0.497 e. The Morgan fingerprint density at radius 1 is 1.14 bits per heavy atom. The van der Waals surface area contributed by atoms with Gasteiger partial charge >= 0.3 is 0 Å². The number of hydrogen-bond acceptors (Lipinski definition) is 4. The van der Waals surface area contributed by atoms with E-state index >= 15 is 0 Å². The summed E-state index contributed by atoms with van der Waals surface area (Å²) in [5.74, 6) is 1.75. The molecule has 2 aromatic rings. The van der Waals surface area contributed by atoms with Crippen LogP contribution >= 0.6 is 31.9 Å². The Morgan fingerprint density at radius 2 is 1.81 bits per heavy atom. The zero-order valence-electron chi connectivity index (χ0n) is 12.4. The first kappa shape index (κ1) is 16.2. The van der Waals surface area contributed by atoms with Gasteiger partial charge in [0.05, 0.1) is 17.3 Å². The van der Waals surface area contributed by atoms with Crippen LogP contribution in [0.5, 0.6) is 5.75 Å². The van der Waals surface area contributed by atoms with Crippen molar-refractivity contribution in [2.45, 2.75) is 26.2 Å². The van der Waals surface area contributed by atoms with Gasteiger partial charge in [-0.15, -0.1) is 0 Å². The number of nitrogens with zero attached hydrogens (tertiary/aromatic N) is 2. The predicted octanol–water partition coefficient (Wildman–Crippen LogP) is 4.56. The van der Waals surface area contributed by atoms with Gasteiger partial charge in [-0.25, -0.2) is 9.97 Å². The molecule has 0 unspecified atom stereocenters. The summed E-state index contributed by atoms with van der Waals surface area (Å²) in [7, 11) is 1.63. The van der Waals surface area contributed by atoms with Crippen LogP contribution in [0.25, 0.3) is 11.4 Å². The zero-order valence-corrected chi connectivity index (χ0v) is 15.5. The molecule has 0 bridgehead atoms. The zero-order chi connectivity index (χ0) is 15.8. The van der Waals surface area contributed by atoms with Gasteiger partial charge in [0.2, 0.25) is 0 Å². The third kappa shape index (κ3) is 3.37. The summed E-state index contributed by atoms with van der Waals surface area (Å²) in [6.45, 7) is 6.26. The first-order valence-electron chi connectivity index (χ1n) is 6.41. The lowest BCUT2D eigenvalue weighted by Gasteiger charge is -2.21. The second-order valence-electron chi connectivity index (χ2n) is 5.69. The monoisotopic (exact) mass is 413 g/mol. The summed E-state index contributed by atoms with van der Waals surface area (Å²) < 4.78 is 6.91. The standard InChI is InChI=1S/C15H17Br2N3O/c1-15(2,3)12-11(17)13(18)20-14(19-12)9-7-8(21-4)5-6-10(9)16/h5-7H,1-4H3,(H2,18,19,20). The van der Waals surface area contributed by atoms with E-state index in [2.05, 4.69) is 62.6 Å². The maximum absolute atomic E-state index is 6.03. The maximum Gasteiger partial charge on any atom is 0.163 e. The SMILES string of the molecule is COc1ccc(Br)c(-c2nc(N)c(Br)c(C(C)(C)C)n2)c1. The number of aromatic nitrogens is 2. The quantitative estimate of drug-likeness (QED) is 0.782. The second-order valence-corrected chi connectivity index (χ2v) is 7.34. The molecule has 0 amide bonds. The third-order valence-electron chi connectivity index (χ3n) is 3.00. The van der Waals surface area contributed by atoms with E-state index in [9.17, 15) is 0 Å². The molecule has 0 spiro atoms. The van der Waals surface area contributed by atoms with Gasteiger partial charge in [-0.3, -0.25) is 0 Å². The highest BCUT2D eigenvalue weighted by Crippen LogP contribution is 2.35. The Bertz CT molecular complexity index is 681. The van der Waals surface area contributed by atoms with E-state index in [4.69, 9.17) is 10.5 Å². The summed E-state index contributed by atoms with van der Waals surface area (Å²) >= 11 is 7.01. The lowest BCUT2D eigenvalue weighted by Crippen LogP contribution is -2.17. The molecule has 0 saturated heterocycles. The van der Waals surface area contributed by atoms with E-state index < -0.39 is 0 Å². The van der Waals surface area contributed by atoms with E-state index in [1.807, 2.05) is 18.2 Å². The predicted molar refractivity (Wildman–Crippen MR) is 92.5 cm³/mol. The van der Waals surface area contributed by atoms with Gasteiger partial charge in [0.15, 0.2) is 5.82 Å². The fourth-order valence-electron chi connectivity index (χ4n) is 1.88. The topological polar surface area (TPSA) is 61.0 Å². The number of anilines is 1. The Kier molecular flexibility index (Phi) is 4.58. The Labute approximate surface area is 141 Å². The Hall–Kier alpha value is -1.14. The number of benzene rings is 1. The molecule has 6 heteroatoms. The fourth-order valence-corrected chi connectivity index (χ4v) is 3.08. The van der Waals surface area contributed by atoms with Crippen LogP contribution < -0.4 is 10.5 Å². The molecule has 21 heavy (non-hydrogen) atoms. The van der Waals surface area contributed by atoms with Gasteiger partial charge in [-0.05, 0) is 34.1 Å². The summed E-state index contributed by atoms with van der Waals surface area (Å²) in [5.41, 5.74) is 7.61. The lowest BCUT2D eigenvalue weighted by molar-refractivity contribution is 0.415. The summed E-state index contributed by atoms with van der Waals surface area (Å²) in [6.07, 6.45) is 0. The van der Waals surface area contributed by atoms with Crippen LogP contribution in [0.1, 0.15) is 26.5 Å². The third-order valence-corrected chi connectivity index (χ3v) is 4.47. The van der Waals surface area contributed by atoms with Crippen LogP contribution in [-0.4, -0.2) is 17.1 Å². The molecule has 1 aromatic carbocycles. The highest BCUT2D eigenvalue weighted by atomic mass is 79.9. The van der Waals surface area contributed by atoms with Crippen molar-refractivity contribution in [1.82, 2.24) is 9.97 Å². The van der Waals surface area contributed by atoms with Crippen LogP contribution in [0, 0.1) is 0 Å². The Morgan fingerprint density at radius 3 is 2.38 bits per heavy atom. The molecular formula is C15H17Br2N3O. The van der Waals surface area contributed by atoms with Crippen molar-refractivity contribution in [2.75, 3.05) is 12.8 Å². The molecule has 0 aliphatic carbocycles. The van der Waals surface area contributed by atoms with Crippen molar-refractivity contribution in [3.8, 4) is 17.1 Å². The van der Waals surface area contributed by atoms with Crippen molar-refractivity contribution >= 4 is 37.7 Å². The van der Waals surface area contributed by atoms with Crippen molar-refractivity contribution in [3.63, 3.8) is 0 Å². The van der Waals surface area contributed by atoms with Crippen LogP contribution in [-0.2, 0) is 5.41 Å². The molecule has 2 N–H and O–H groups in total. The van der Waals surface area contributed by atoms with Crippen LogP contribution in [0.2, 0.25) is 0 Å².